The lowest BCUT2D eigenvalue weighted by Gasteiger charge is -2.19. The van der Waals surface area contributed by atoms with E-state index in [-0.39, 0.29) is 10.7 Å². The van der Waals surface area contributed by atoms with Crippen molar-refractivity contribution in [2.24, 2.45) is 0 Å². The van der Waals surface area contributed by atoms with Crippen molar-refractivity contribution in [3.63, 3.8) is 0 Å². The second-order valence-corrected chi connectivity index (χ2v) is 4.83. The molecule has 0 spiro atoms. The van der Waals surface area contributed by atoms with Crippen LogP contribution in [-0.4, -0.2) is 22.7 Å². The molecule has 0 saturated heterocycles. The van der Waals surface area contributed by atoms with Crippen molar-refractivity contribution in [1.82, 2.24) is 4.90 Å². The summed E-state index contributed by atoms with van der Waals surface area (Å²) < 4.78 is 0. The zero-order chi connectivity index (χ0) is 12.4. The molecule has 5 heteroatoms. The van der Waals surface area contributed by atoms with E-state index < -0.39 is 0 Å². The largest absolute Gasteiger partial charge is 0.332 e. The van der Waals surface area contributed by atoms with Crippen molar-refractivity contribution in [3.8, 4) is 0 Å². The Morgan fingerprint density at radius 1 is 1.47 bits per heavy atom. The van der Waals surface area contributed by atoms with Gasteiger partial charge in [-0.3, -0.25) is 9.59 Å². The highest BCUT2D eigenvalue weighted by Gasteiger charge is 2.15. The van der Waals surface area contributed by atoms with Crippen LogP contribution in [0.4, 0.5) is 10.5 Å². The number of nitrogens with one attached hydrogen (secondary N) is 1. The molecule has 1 N–H and O–H groups in total. The van der Waals surface area contributed by atoms with Crippen molar-refractivity contribution >= 4 is 32.3 Å². The lowest BCUT2D eigenvalue weighted by Crippen LogP contribution is -2.21. The average molecular weight is 297 g/mol. The lowest BCUT2D eigenvalue weighted by atomic mass is 10.0. The summed E-state index contributed by atoms with van der Waals surface area (Å²) in [6.07, 6.45) is 1.30. The molecule has 1 aliphatic heterocycles. The van der Waals surface area contributed by atoms with Gasteiger partial charge in [0.05, 0.1) is 0 Å². The van der Waals surface area contributed by atoms with Gasteiger partial charge < -0.3 is 10.2 Å². The van der Waals surface area contributed by atoms with E-state index in [1.807, 2.05) is 18.2 Å². The average Bonchev–Trinajstić information content (AvgIpc) is 2.29. The minimum absolute atomic E-state index is 0.0676. The summed E-state index contributed by atoms with van der Waals surface area (Å²) in [5, 5.41) is 2.83. The molecule has 1 heterocycles. The van der Waals surface area contributed by atoms with Crippen molar-refractivity contribution in [1.29, 1.82) is 0 Å². The summed E-state index contributed by atoms with van der Waals surface area (Å²) in [5.41, 5.74) is 3.09. The van der Waals surface area contributed by atoms with E-state index in [2.05, 4.69) is 21.2 Å². The highest BCUT2D eigenvalue weighted by Crippen LogP contribution is 2.24. The van der Waals surface area contributed by atoms with Crippen LogP contribution in [0.15, 0.2) is 18.2 Å². The van der Waals surface area contributed by atoms with E-state index >= 15 is 0 Å². The number of nitrogens with zero attached hydrogens (tertiary/aromatic N) is 1. The van der Waals surface area contributed by atoms with E-state index in [4.69, 9.17) is 0 Å². The Labute approximate surface area is 108 Å². The SMILES string of the molecule is CN(Cc1ccc2c(c1)CCC(=O)N2)C(=O)Br. The molecule has 2 amide bonds. The van der Waals surface area contributed by atoms with Gasteiger partial charge in [0.1, 0.15) is 0 Å². The Balaban J connectivity index is 2.16. The van der Waals surface area contributed by atoms with Crippen LogP contribution >= 0.6 is 15.9 Å². The van der Waals surface area contributed by atoms with Crippen LogP contribution in [0.2, 0.25) is 0 Å². The minimum atomic E-state index is -0.136. The molecule has 2 rings (SSSR count). The maximum absolute atomic E-state index is 11.2. The van der Waals surface area contributed by atoms with E-state index in [0.717, 1.165) is 23.2 Å². The van der Waals surface area contributed by atoms with Gasteiger partial charge in [-0.25, -0.2) is 0 Å². The van der Waals surface area contributed by atoms with Crippen molar-refractivity contribution in [3.05, 3.63) is 29.3 Å². The first-order valence-corrected chi connectivity index (χ1v) is 6.18. The fraction of sp³-hybridized carbons (Fsp3) is 0.333. The third-order valence-electron chi connectivity index (χ3n) is 2.79. The fourth-order valence-electron chi connectivity index (χ4n) is 1.87. The maximum Gasteiger partial charge on any atom is 0.289 e. The Kier molecular flexibility index (Phi) is 3.47. The zero-order valence-corrected chi connectivity index (χ0v) is 11.1. The number of hydrogen-bond donors (Lipinski definition) is 1. The number of benzene rings is 1. The molecule has 1 aliphatic rings. The fourth-order valence-corrected chi connectivity index (χ4v) is 2.00. The van der Waals surface area contributed by atoms with Crippen LogP contribution in [0.1, 0.15) is 17.5 Å². The van der Waals surface area contributed by atoms with Crippen molar-refractivity contribution in [2.45, 2.75) is 19.4 Å². The molecule has 0 atom stereocenters. The molecule has 0 saturated carbocycles. The number of fused-ring (bicyclic) bond motifs is 1. The van der Waals surface area contributed by atoms with E-state index in [9.17, 15) is 9.59 Å². The van der Waals surface area contributed by atoms with Gasteiger partial charge in [-0.15, -0.1) is 0 Å². The summed E-state index contributed by atoms with van der Waals surface area (Å²) in [7, 11) is 1.73. The van der Waals surface area contributed by atoms with Crippen LogP contribution < -0.4 is 5.32 Å². The molecule has 0 aromatic heterocycles. The first-order valence-electron chi connectivity index (χ1n) is 5.38. The van der Waals surface area contributed by atoms with Gasteiger partial charge in [0.15, 0.2) is 0 Å². The molecule has 0 fully saturated rings. The predicted octanol–water partition coefficient (Wildman–Crippen LogP) is 2.52. The smallest absolute Gasteiger partial charge is 0.289 e. The van der Waals surface area contributed by atoms with Gasteiger partial charge >= 0.3 is 0 Å². The number of carbonyl (C=O) groups excluding carboxylic acids is 2. The standard InChI is InChI=1S/C12H13BrN2O2/c1-15(12(13)17)7-8-2-4-10-9(6-8)3-5-11(16)14-10/h2,4,6H,3,5,7H2,1H3,(H,14,16). The molecular formula is C12H13BrN2O2. The second-order valence-electron chi connectivity index (χ2n) is 4.15. The third-order valence-corrected chi connectivity index (χ3v) is 3.39. The summed E-state index contributed by atoms with van der Waals surface area (Å²) >= 11 is 2.91. The number of aryl methyl sites for hydroxylation is 1. The van der Waals surface area contributed by atoms with E-state index in [1.54, 1.807) is 11.9 Å². The quantitative estimate of drug-likeness (QED) is 0.673. The summed E-state index contributed by atoms with van der Waals surface area (Å²) in [6, 6.07) is 5.87. The summed E-state index contributed by atoms with van der Waals surface area (Å²) in [4.78, 5) is 23.7. The number of anilines is 1. The number of halogens is 1. The minimum Gasteiger partial charge on any atom is -0.332 e. The number of amides is 2. The Morgan fingerprint density at radius 2 is 2.24 bits per heavy atom. The Morgan fingerprint density at radius 3 is 2.94 bits per heavy atom. The Bertz CT molecular complexity index is 474. The van der Waals surface area contributed by atoms with Crippen molar-refractivity contribution < 1.29 is 9.59 Å². The number of rotatable bonds is 2. The van der Waals surface area contributed by atoms with Crippen LogP contribution in [0, 0.1) is 0 Å². The number of hydrogen-bond acceptors (Lipinski definition) is 2. The molecule has 1 aromatic rings. The van der Waals surface area contributed by atoms with E-state index in [1.165, 1.54) is 0 Å². The molecule has 0 aliphatic carbocycles. The summed E-state index contributed by atoms with van der Waals surface area (Å²) in [5.74, 6) is 0.0676. The predicted molar refractivity (Wildman–Crippen MR) is 69.2 cm³/mol. The van der Waals surface area contributed by atoms with Crippen LogP contribution in [0.3, 0.4) is 0 Å². The van der Waals surface area contributed by atoms with Gasteiger partial charge in [0, 0.05) is 41.6 Å². The third kappa shape index (κ3) is 2.85. The molecule has 4 nitrogen and oxygen atoms in total. The molecule has 1 aromatic carbocycles. The van der Waals surface area contributed by atoms with Gasteiger partial charge in [0.25, 0.3) is 4.82 Å². The zero-order valence-electron chi connectivity index (χ0n) is 9.50. The maximum atomic E-state index is 11.2. The monoisotopic (exact) mass is 296 g/mol. The van der Waals surface area contributed by atoms with Crippen LogP contribution in [-0.2, 0) is 17.8 Å². The Hall–Kier alpha value is -1.36. The topological polar surface area (TPSA) is 49.4 Å². The highest BCUT2D eigenvalue weighted by atomic mass is 79.9. The van der Waals surface area contributed by atoms with Crippen molar-refractivity contribution in [2.75, 3.05) is 12.4 Å². The second kappa shape index (κ2) is 4.87. The lowest BCUT2D eigenvalue weighted by molar-refractivity contribution is -0.116. The first kappa shape index (κ1) is 12.1. The van der Waals surface area contributed by atoms with Gasteiger partial charge in [-0.05, 0) is 23.6 Å². The molecule has 17 heavy (non-hydrogen) atoms. The first-order chi connectivity index (χ1) is 8.06. The molecular weight excluding hydrogens is 284 g/mol. The molecule has 0 unspecified atom stereocenters. The molecule has 0 radical (unpaired) electrons. The normalized spacial score (nSPS) is 13.9. The van der Waals surface area contributed by atoms with Gasteiger partial charge in [0.2, 0.25) is 5.91 Å². The van der Waals surface area contributed by atoms with E-state index in [0.29, 0.717) is 13.0 Å². The molecule has 90 valence electrons. The number of carbonyl (C=O) groups is 2. The summed E-state index contributed by atoms with van der Waals surface area (Å²) in [6.45, 7) is 0.561. The van der Waals surface area contributed by atoms with Gasteiger partial charge in [-0.2, -0.15) is 0 Å². The van der Waals surface area contributed by atoms with Crippen LogP contribution in [0.5, 0.6) is 0 Å². The van der Waals surface area contributed by atoms with Gasteiger partial charge in [-0.1, -0.05) is 12.1 Å². The molecule has 0 bridgehead atoms. The van der Waals surface area contributed by atoms with Crippen LogP contribution in [0.25, 0.3) is 0 Å². The highest BCUT2D eigenvalue weighted by molar-refractivity contribution is 9.18.